The van der Waals surface area contributed by atoms with E-state index in [0.717, 1.165) is 11.1 Å². The van der Waals surface area contributed by atoms with Crippen LogP contribution in [0.25, 0.3) is 0 Å². The van der Waals surface area contributed by atoms with Crippen molar-refractivity contribution in [2.45, 2.75) is 38.5 Å². The summed E-state index contributed by atoms with van der Waals surface area (Å²) in [6, 6.07) is 11.3. The molecule has 0 aliphatic carbocycles. The molecular weight excluding hydrogens is 312 g/mol. The van der Waals surface area contributed by atoms with Crippen molar-refractivity contribution in [3.8, 4) is 11.5 Å². The Morgan fingerprint density at radius 2 is 1.08 bits per heavy atom. The normalized spacial score (nSPS) is 12.2. The third kappa shape index (κ3) is 3.72. The third-order valence-corrected chi connectivity index (χ3v) is 4.71. The zero-order valence-corrected chi connectivity index (χ0v) is 15.6. The molecule has 0 unspecified atom stereocenters. The molecule has 0 aliphatic heterocycles. The topological polar surface area (TPSA) is 113 Å². The lowest BCUT2D eigenvalue weighted by Gasteiger charge is -2.30. The number of benzene rings is 2. The molecule has 5 nitrogen and oxygen atoms in total. The fraction of sp³-hybridized carbons (Fsp3) is 0.400. The molecule has 25 heavy (non-hydrogen) atoms. The van der Waals surface area contributed by atoms with Crippen LogP contribution in [0.1, 0.15) is 38.8 Å². The van der Waals surface area contributed by atoms with E-state index < -0.39 is 0 Å². The number of nitrogen functional groups attached to an aromatic ring is 2. The molecule has 2 aromatic carbocycles. The van der Waals surface area contributed by atoms with Gasteiger partial charge in [0.05, 0.1) is 0 Å². The molecule has 0 atom stereocenters. The van der Waals surface area contributed by atoms with Crippen LogP contribution in [-0.4, -0.2) is 13.1 Å². The van der Waals surface area contributed by atoms with Gasteiger partial charge in [0.15, 0.2) is 0 Å². The fourth-order valence-electron chi connectivity index (χ4n) is 3.04. The second kappa shape index (κ2) is 6.94. The smallest absolute Gasteiger partial charge is 0.133 e. The first-order chi connectivity index (χ1) is 11.6. The third-order valence-electron chi connectivity index (χ3n) is 4.71. The summed E-state index contributed by atoms with van der Waals surface area (Å²) < 4.78 is 6.31. The maximum atomic E-state index is 6.31. The van der Waals surface area contributed by atoms with Gasteiger partial charge in [-0.3, -0.25) is 0 Å². The number of anilines is 2. The quantitative estimate of drug-likeness (QED) is 0.602. The van der Waals surface area contributed by atoms with Gasteiger partial charge in [0.2, 0.25) is 0 Å². The molecule has 8 N–H and O–H groups in total. The van der Waals surface area contributed by atoms with Crippen LogP contribution in [0.2, 0.25) is 0 Å². The van der Waals surface area contributed by atoms with Gasteiger partial charge in [-0.25, -0.2) is 0 Å². The monoisotopic (exact) mass is 342 g/mol. The lowest BCUT2D eigenvalue weighted by Crippen LogP contribution is -2.30. The zero-order chi connectivity index (χ0) is 18.8. The summed E-state index contributed by atoms with van der Waals surface area (Å²) in [5.41, 5.74) is 26.9. The van der Waals surface area contributed by atoms with Gasteiger partial charge in [-0.2, -0.15) is 0 Å². The van der Waals surface area contributed by atoms with Crippen LogP contribution in [0, 0.1) is 0 Å². The minimum Gasteiger partial charge on any atom is -0.457 e. The highest BCUT2D eigenvalue weighted by atomic mass is 16.5. The average Bonchev–Trinajstić information content (AvgIpc) is 2.54. The molecule has 0 bridgehead atoms. The largest absolute Gasteiger partial charge is 0.457 e. The summed E-state index contributed by atoms with van der Waals surface area (Å²) in [7, 11) is 0. The lowest BCUT2D eigenvalue weighted by molar-refractivity contribution is 0.427. The van der Waals surface area contributed by atoms with Crippen molar-refractivity contribution in [3.63, 3.8) is 0 Å². The molecular formula is C20H30N4O. The van der Waals surface area contributed by atoms with E-state index in [2.05, 4.69) is 27.7 Å². The van der Waals surface area contributed by atoms with E-state index in [9.17, 15) is 0 Å². The van der Waals surface area contributed by atoms with Crippen LogP contribution in [0.5, 0.6) is 11.5 Å². The second-order valence-electron chi connectivity index (χ2n) is 7.72. The molecule has 0 aliphatic rings. The highest BCUT2D eigenvalue weighted by molar-refractivity contribution is 5.62. The molecule has 0 fully saturated rings. The van der Waals surface area contributed by atoms with E-state index in [0.29, 0.717) is 36.0 Å². The van der Waals surface area contributed by atoms with Crippen LogP contribution in [0.15, 0.2) is 36.4 Å². The van der Waals surface area contributed by atoms with E-state index in [4.69, 9.17) is 27.7 Å². The molecule has 0 spiro atoms. The number of ether oxygens (including phenoxy) is 1. The fourth-order valence-corrected chi connectivity index (χ4v) is 3.04. The van der Waals surface area contributed by atoms with Gasteiger partial charge in [-0.05, 0) is 24.3 Å². The predicted molar refractivity (Wildman–Crippen MR) is 106 cm³/mol. The molecule has 2 rings (SSSR count). The van der Waals surface area contributed by atoms with Crippen molar-refractivity contribution < 1.29 is 4.74 Å². The van der Waals surface area contributed by atoms with Crippen LogP contribution < -0.4 is 27.7 Å². The van der Waals surface area contributed by atoms with Gasteiger partial charge in [0.25, 0.3) is 0 Å². The van der Waals surface area contributed by atoms with Crippen molar-refractivity contribution in [2.75, 3.05) is 24.6 Å². The van der Waals surface area contributed by atoms with Gasteiger partial charge in [0.1, 0.15) is 11.5 Å². The Balaban J connectivity index is 2.60. The zero-order valence-electron chi connectivity index (χ0n) is 15.6. The van der Waals surface area contributed by atoms with E-state index in [1.54, 1.807) is 0 Å². The predicted octanol–water partition coefficient (Wildman–Crippen LogP) is 3.12. The number of nitrogens with two attached hydrogens (primary N) is 4. The van der Waals surface area contributed by atoms with Crippen LogP contribution in [0.4, 0.5) is 11.4 Å². The van der Waals surface area contributed by atoms with E-state index in [-0.39, 0.29) is 10.8 Å². The number of rotatable bonds is 6. The first kappa shape index (κ1) is 19.1. The molecule has 2 aromatic rings. The molecule has 0 heterocycles. The summed E-state index contributed by atoms with van der Waals surface area (Å²) >= 11 is 0. The van der Waals surface area contributed by atoms with Crippen LogP contribution >= 0.6 is 0 Å². The van der Waals surface area contributed by atoms with E-state index in [1.807, 2.05) is 36.4 Å². The number of hydrogen-bond acceptors (Lipinski definition) is 5. The highest BCUT2D eigenvalue weighted by Crippen LogP contribution is 2.42. The van der Waals surface area contributed by atoms with Gasteiger partial charge in [-0.15, -0.1) is 0 Å². The Morgan fingerprint density at radius 3 is 1.40 bits per heavy atom. The SMILES string of the molecule is CC(C)(CN)c1c(N)cccc1Oc1cccc(N)c1C(C)(C)CN. The van der Waals surface area contributed by atoms with Gasteiger partial charge in [-0.1, -0.05) is 39.8 Å². The molecule has 0 amide bonds. The lowest BCUT2D eigenvalue weighted by atomic mass is 9.82. The van der Waals surface area contributed by atoms with E-state index in [1.165, 1.54) is 0 Å². The van der Waals surface area contributed by atoms with Gasteiger partial charge < -0.3 is 27.7 Å². The summed E-state index contributed by atoms with van der Waals surface area (Å²) in [4.78, 5) is 0. The summed E-state index contributed by atoms with van der Waals surface area (Å²) in [6.45, 7) is 9.11. The first-order valence-electron chi connectivity index (χ1n) is 8.50. The Bertz CT molecular complexity index is 690. The molecule has 136 valence electrons. The molecule has 0 aromatic heterocycles. The standard InChI is InChI=1S/C20H30N4O/c1-19(2,11-21)17-13(23)7-5-9-15(17)25-16-10-6-8-14(24)18(16)20(3,4)12-22/h5-10H,11-12,21-24H2,1-4H3. The molecule has 0 saturated heterocycles. The van der Waals surface area contributed by atoms with Crippen molar-refractivity contribution in [1.29, 1.82) is 0 Å². The van der Waals surface area contributed by atoms with Gasteiger partial charge >= 0.3 is 0 Å². The van der Waals surface area contributed by atoms with Crippen molar-refractivity contribution >= 4 is 11.4 Å². The van der Waals surface area contributed by atoms with Crippen molar-refractivity contribution in [1.82, 2.24) is 0 Å². The molecule has 5 heteroatoms. The van der Waals surface area contributed by atoms with Crippen LogP contribution in [0.3, 0.4) is 0 Å². The number of hydrogen-bond donors (Lipinski definition) is 4. The summed E-state index contributed by atoms with van der Waals surface area (Å²) in [6.07, 6.45) is 0. The minimum absolute atomic E-state index is 0.315. The summed E-state index contributed by atoms with van der Waals surface area (Å²) in [5.74, 6) is 1.38. The van der Waals surface area contributed by atoms with Crippen molar-refractivity contribution in [3.05, 3.63) is 47.5 Å². The van der Waals surface area contributed by atoms with Gasteiger partial charge in [0, 0.05) is 46.4 Å². The second-order valence-corrected chi connectivity index (χ2v) is 7.72. The Morgan fingerprint density at radius 1 is 0.720 bits per heavy atom. The minimum atomic E-state index is -0.315. The maximum absolute atomic E-state index is 6.31. The average molecular weight is 342 g/mol. The molecule has 0 saturated carbocycles. The van der Waals surface area contributed by atoms with Crippen molar-refractivity contribution in [2.24, 2.45) is 11.5 Å². The first-order valence-corrected chi connectivity index (χ1v) is 8.50. The molecule has 0 radical (unpaired) electrons. The Hall–Kier alpha value is -2.24. The summed E-state index contributed by atoms with van der Waals surface area (Å²) in [5, 5.41) is 0. The highest BCUT2D eigenvalue weighted by Gasteiger charge is 2.29. The maximum Gasteiger partial charge on any atom is 0.133 e. The van der Waals surface area contributed by atoms with Crippen LogP contribution in [-0.2, 0) is 10.8 Å². The Labute approximate surface area is 150 Å². The Kier molecular flexibility index (Phi) is 5.30. The van der Waals surface area contributed by atoms with E-state index >= 15 is 0 Å².